The highest BCUT2D eigenvalue weighted by Crippen LogP contribution is 2.27. The van der Waals surface area contributed by atoms with E-state index in [1.165, 1.54) is 25.1 Å². The van der Waals surface area contributed by atoms with Crippen LogP contribution in [0.15, 0.2) is 30.9 Å². The smallest absolute Gasteiger partial charge is 0.318 e. The van der Waals surface area contributed by atoms with Crippen LogP contribution in [0.1, 0.15) is 31.0 Å². The first-order valence-corrected chi connectivity index (χ1v) is 11.7. The molecule has 1 atom stereocenters. The van der Waals surface area contributed by atoms with E-state index in [-0.39, 0.29) is 0 Å². The first-order valence-electron chi connectivity index (χ1n) is 11.7. The molecule has 1 saturated heterocycles. The largest absolute Gasteiger partial charge is 0.464 e. The third-order valence-electron chi connectivity index (χ3n) is 6.18. The molecule has 34 heavy (non-hydrogen) atoms. The zero-order chi connectivity index (χ0) is 23.7. The minimum atomic E-state index is -0.417. The summed E-state index contributed by atoms with van der Waals surface area (Å²) in [5, 5.41) is 4.61. The van der Waals surface area contributed by atoms with Crippen molar-refractivity contribution in [1.82, 2.24) is 39.2 Å². The molecule has 178 valence electrons. The van der Waals surface area contributed by atoms with Crippen LogP contribution >= 0.6 is 0 Å². The van der Waals surface area contributed by atoms with Gasteiger partial charge in [0.1, 0.15) is 17.2 Å². The van der Waals surface area contributed by atoms with Gasteiger partial charge in [-0.2, -0.15) is 15.1 Å². The number of imidazole rings is 1. The van der Waals surface area contributed by atoms with Gasteiger partial charge in [0.15, 0.2) is 5.65 Å². The Labute approximate surface area is 197 Å². The highest BCUT2D eigenvalue weighted by molar-refractivity contribution is 5.79. The van der Waals surface area contributed by atoms with Gasteiger partial charge in [-0.05, 0) is 52.3 Å². The molecule has 0 N–H and O–H groups in total. The molecule has 0 aromatic carbocycles. The van der Waals surface area contributed by atoms with E-state index in [4.69, 9.17) is 9.72 Å². The molecule has 0 aliphatic carbocycles. The summed E-state index contributed by atoms with van der Waals surface area (Å²) < 4.78 is 23.6. The summed E-state index contributed by atoms with van der Waals surface area (Å²) in [7, 11) is 2.17. The number of ether oxygens (including phenoxy) is 1. The molecule has 0 amide bonds. The van der Waals surface area contributed by atoms with Crippen LogP contribution in [0.25, 0.3) is 22.6 Å². The lowest BCUT2D eigenvalue weighted by Gasteiger charge is -2.29. The minimum absolute atomic E-state index is 0.301. The Morgan fingerprint density at radius 3 is 2.85 bits per heavy atom. The quantitative estimate of drug-likeness (QED) is 0.415. The van der Waals surface area contributed by atoms with Gasteiger partial charge in [0, 0.05) is 36.6 Å². The monoisotopic (exact) mass is 464 g/mol. The van der Waals surface area contributed by atoms with Crippen molar-refractivity contribution >= 4 is 11.2 Å². The van der Waals surface area contributed by atoms with Gasteiger partial charge in [-0.3, -0.25) is 9.67 Å². The number of pyridine rings is 1. The minimum Gasteiger partial charge on any atom is -0.464 e. The molecule has 0 saturated carbocycles. The molecular weight excluding hydrogens is 435 g/mol. The van der Waals surface area contributed by atoms with Crippen molar-refractivity contribution in [2.24, 2.45) is 5.92 Å². The summed E-state index contributed by atoms with van der Waals surface area (Å²) in [6.07, 6.45) is 9.19. The third kappa shape index (κ3) is 4.63. The number of likely N-dealkylation sites (tertiary alicyclic amines) is 1. The molecule has 10 heteroatoms. The van der Waals surface area contributed by atoms with Crippen LogP contribution < -0.4 is 4.74 Å². The van der Waals surface area contributed by atoms with Gasteiger partial charge in [0.25, 0.3) is 0 Å². The summed E-state index contributed by atoms with van der Waals surface area (Å²) >= 11 is 0. The van der Waals surface area contributed by atoms with E-state index in [2.05, 4.69) is 38.2 Å². The second-order valence-corrected chi connectivity index (χ2v) is 8.95. The Hall–Kier alpha value is -3.40. The molecule has 0 radical (unpaired) electrons. The molecular formula is C24H29FN8O. The van der Waals surface area contributed by atoms with Crippen LogP contribution in [-0.4, -0.2) is 65.9 Å². The summed E-state index contributed by atoms with van der Waals surface area (Å²) in [6.45, 7) is 7.86. The van der Waals surface area contributed by atoms with Gasteiger partial charge in [-0.15, -0.1) is 0 Å². The normalized spacial score (nSPS) is 16.9. The van der Waals surface area contributed by atoms with Crippen LogP contribution in [-0.2, 0) is 13.1 Å². The summed E-state index contributed by atoms with van der Waals surface area (Å²) in [5.74, 6) is 0.757. The fourth-order valence-electron chi connectivity index (χ4n) is 4.67. The average molecular weight is 465 g/mol. The van der Waals surface area contributed by atoms with Crippen LogP contribution in [0.2, 0.25) is 0 Å². The van der Waals surface area contributed by atoms with Crippen LogP contribution in [0.5, 0.6) is 6.01 Å². The zero-order valence-corrected chi connectivity index (χ0v) is 19.8. The van der Waals surface area contributed by atoms with Gasteiger partial charge in [0.05, 0.1) is 31.2 Å². The van der Waals surface area contributed by atoms with E-state index in [9.17, 15) is 4.39 Å². The van der Waals surface area contributed by atoms with Gasteiger partial charge < -0.3 is 14.2 Å². The van der Waals surface area contributed by atoms with Crippen molar-refractivity contribution in [3.63, 3.8) is 0 Å². The van der Waals surface area contributed by atoms with Crippen LogP contribution in [0, 0.1) is 18.7 Å². The van der Waals surface area contributed by atoms with Gasteiger partial charge in [-0.25, -0.2) is 9.37 Å². The van der Waals surface area contributed by atoms with E-state index in [1.54, 1.807) is 6.20 Å². The second-order valence-electron chi connectivity index (χ2n) is 8.95. The predicted molar refractivity (Wildman–Crippen MR) is 126 cm³/mol. The fraction of sp³-hybridized carbons (Fsp3) is 0.458. The Bertz CT molecular complexity index is 1300. The Morgan fingerprint density at radius 1 is 1.18 bits per heavy atom. The van der Waals surface area contributed by atoms with Gasteiger partial charge in [0.2, 0.25) is 0 Å². The number of nitrogens with zero attached hydrogens (tertiary/aromatic N) is 8. The SMILES string of the molecule is CCOc1nc(C)c2nc(-c3cncc(F)c3)n(Cc3cnn(CC4CCCN(C)C4)c3)c2n1. The van der Waals surface area contributed by atoms with Crippen molar-refractivity contribution < 1.29 is 9.13 Å². The first kappa shape index (κ1) is 22.4. The molecule has 5 heterocycles. The molecule has 0 spiro atoms. The van der Waals surface area contributed by atoms with Crippen molar-refractivity contribution in [2.45, 2.75) is 39.8 Å². The number of aromatic nitrogens is 7. The predicted octanol–water partition coefficient (Wildman–Crippen LogP) is 3.32. The second kappa shape index (κ2) is 9.46. The zero-order valence-electron chi connectivity index (χ0n) is 19.8. The van der Waals surface area contributed by atoms with E-state index >= 15 is 0 Å². The number of hydrogen-bond donors (Lipinski definition) is 0. The summed E-state index contributed by atoms with van der Waals surface area (Å²) in [5.41, 5.74) is 3.59. The molecule has 1 fully saturated rings. The van der Waals surface area contributed by atoms with Crippen molar-refractivity contribution in [2.75, 3.05) is 26.7 Å². The topological polar surface area (TPSA) is 86.8 Å². The third-order valence-corrected chi connectivity index (χ3v) is 6.18. The van der Waals surface area contributed by atoms with E-state index in [0.29, 0.717) is 53.3 Å². The number of piperidine rings is 1. The highest BCUT2D eigenvalue weighted by Gasteiger charge is 2.21. The Balaban J connectivity index is 1.51. The Kier molecular flexibility index (Phi) is 6.23. The van der Waals surface area contributed by atoms with Crippen molar-refractivity contribution in [3.05, 3.63) is 47.9 Å². The average Bonchev–Trinajstić information content (AvgIpc) is 3.39. The lowest BCUT2D eigenvalue weighted by Crippen LogP contribution is -2.34. The van der Waals surface area contributed by atoms with Crippen molar-refractivity contribution in [1.29, 1.82) is 0 Å². The van der Waals surface area contributed by atoms with E-state index in [1.807, 2.05) is 29.3 Å². The maximum absolute atomic E-state index is 14.0. The van der Waals surface area contributed by atoms with Gasteiger partial charge >= 0.3 is 6.01 Å². The summed E-state index contributed by atoms with van der Waals surface area (Å²) in [4.78, 5) is 20.2. The number of rotatable bonds is 7. The maximum atomic E-state index is 14.0. The molecule has 1 unspecified atom stereocenters. The number of aryl methyl sites for hydroxylation is 1. The molecule has 4 aromatic heterocycles. The Morgan fingerprint density at radius 2 is 2.06 bits per heavy atom. The fourth-order valence-corrected chi connectivity index (χ4v) is 4.67. The molecule has 1 aliphatic heterocycles. The van der Waals surface area contributed by atoms with Crippen LogP contribution in [0.4, 0.5) is 4.39 Å². The maximum Gasteiger partial charge on any atom is 0.318 e. The van der Waals surface area contributed by atoms with Gasteiger partial charge in [-0.1, -0.05) is 0 Å². The van der Waals surface area contributed by atoms with Crippen molar-refractivity contribution in [3.8, 4) is 17.4 Å². The summed E-state index contributed by atoms with van der Waals surface area (Å²) in [6, 6.07) is 1.73. The number of halogens is 1. The highest BCUT2D eigenvalue weighted by atomic mass is 19.1. The molecule has 5 rings (SSSR count). The van der Waals surface area contributed by atoms with Crippen LogP contribution in [0.3, 0.4) is 0 Å². The molecule has 0 bridgehead atoms. The molecule has 9 nitrogen and oxygen atoms in total. The lowest BCUT2D eigenvalue weighted by molar-refractivity contribution is 0.190. The molecule has 1 aliphatic rings. The first-order chi connectivity index (χ1) is 16.5. The lowest BCUT2D eigenvalue weighted by atomic mass is 9.99. The standard InChI is InChI=1S/C24H29FN8O/c1-4-34-24-28-16(2)21-23(30-24)33(22(29-21)19-8-20(25)11-26-10-19)15-18-9-27-32(14-18)13-17-6-5-7-31(3)12-17/h8-11,14,17H,4-7,12-13,15H2,1-3H3. The van der Waals surface area contributed by atoms with E-state index in [0.717, 1.165) is 25.2 Å². The molecule has 4 aromatic rings. The number of fused-ring (bicyclic) bond motifs is 1. The van der Waals surface area contributed by atoms with E-state index < -0.39 is 5.82 Å². The number of hydrogen-bond acceptors (Lipinski definition) is 7.